The molecule has 19 nitrogen and oxygen atoms in total. The van der Waals surface area contributed by atoms with Crippen molar-refractivity contribution in [3.8, 4) is 0 Å². The molecule has 0 aromatic rings. The van der Waals surface area contributed by atoms with Crippen LogP contribution in [0.2, 0.25) is 0 Å². The lowest BCUT2D eigenvalue weighted by Crippen LogP contribution is -2.59. The minimum Gasteiger partial charge on any atom is -0.453 e. The smallest absolute Gasteiger partial charge is 0.406 e. The molecule has 3 amide bonds. The van der Waals surface area contributed by atoms with Crippen molar-refractivity contribution in [1.29, 1.82) is 0 Å². The number of carbonyl (C=O) groups excluding carboxylic acids is 3. The van der Waals surface area contributed by atoms with E-state index in [4.69, 9.17) is 37.9 Å². The quantitative estimate of drug-likeness (QED) is 0.0280. The van der Waals surface area contributed by atoms with Crippen molar-refractivity contribution in [2.45, 2.75) is 327 Å². The van der Waals surface area contributed by atoms with E-state index < -0.39 is 43.4 Å². The zero-order valence-corrected chi connectivity index (χ0v) is 58.2. The monoisotopic (exact) mass is 1290 g/mol. The molecule has 0 aromatic heterocycles. The molecule has 1 rings (SSSR count). The highest BCUT2D eigenvalue weighted by atomic mass is 16.7. The third-order valence-electron chi connectivity index (χ3n) is 16.4. The second kappa shape index (κ2) is 71.0. The van der Waals surface area contributed by atoms with Crippen LogP contribution in [0, 0.1) is 0 Å². The van der Waals surface area contributed by atoms with Crippen LogP contribution in [0.3, 0.4) is 0 Å². The molecule has 90 heavy (non-hydrogen) atoms. The fourth-order valence-corrected chi connectivity index (χ4v) is 10.6. The van der Waals surface area contributed by atoms with Gasteiger partial charge in [-0.2, -0.15) is 0 Å². The molecule has 0 saturated carbocycles. The first-order valence-corrected chi connectivity index (χ1v) is 36.9. The van der Waals surface area contributed by atoms with Crippen LogP contribution in [-0.4, -0.2) is 188 Å². The van der Waals surface area contributed by atoms with Crippen LogP contribution < -0.4 is 16.0 Å². The Morgan fingerprint density at radius 1 is 0.389 bits per heavy atom. The maximum Gasteiger partial charge on any atom is 0.406 e. The van der Waals surface area contributed by atoms with E-state index in [1.165, 1.54) is 213 Å². The first-order valence-electron chi connectivity index (χ1n) is 36.9. The summed E-state index contributed by atoms with van der Waals surface area (Å²) in [6.07, 6.45) is 46.3. The zero-order chi connectivity index (χ0) is 65.7. The van der Waals surface area contributed by atoms with Gasteiger partial charge in [-0.15, -0.1) is 0 Å². The Labute approximate surface area is 549 Å². The molecule has 536 valence electrons. The molecule has 7 N–H and O–H groups in total. The highest BCUT2D eigenvalue weighted by Gasteiger charge is 2.44. The predicted octanol–water partition coefficient (Wildman–Crippen LogP) is 13.3. The van der Waals surface area contributed by atoms with Gasteiger partial charge < -0.3 is 79.0 Å². The van der Waals surface area contributed by atoms with E-state index in [1.807, 2.05) is 0 Å². The Hall–Kier alpha value is -2.27. The van der Waals surface area contributed by atoms with Gasteiger partial charge in [0.2, 0.25) is 11.8 Å². The van der Waals surface area contributed by atoms with Crippen LogP contribution in [0.25, 0.3) is 0 Å². The molecule has 19 heteroatoms. The number of rotatable bonds is 68. The van der Waals surface area contributed by atoms with E-state index in [0.29, 0.717) is 84.8 Å². The van der Waals surface area contributed by atoms with Gasteiger partial charge in [-0.1, -0.05) is 226 Å². The molecule has 0 aliphatic carbocycles. The number of aliphatic hydroxyl groups excluding tert-OH is 4. The largest absolute Gasteiger partial charge is 0.453 e. The van der Waals surface area contributed by atoms with Crippen molar-refractivity contribution in [3.05, 3.63) is 0 Å². The van der Waals surface area contributed by atoms with E-state index >= 15 is 0 Å². The van der Waals surface area contributed by atoms with E-state index in [2.05, 4.69) is 41.5 Å². The number of alkyl carbamates (subject to hydrolysis) is 1. The van der Waals surface area contributed by atoms with Crippen LogP contribution in [0.15, 0.2) is 0 Å². The standard InChI is InChI=1S/C40H82O2.C31H59N3O14/c1-4-7-9-11-13-15-17-19-21-23-25-27-29-31-33-35-37-41-39-40(6-3)42-38-36-34-32-30-28-26-24-22-20-18-16-14-12-10-8-5-2;1-42-31(41)34-11-6-2-4-9-25(36)32-12-8-15-44-18-17-43-14-7-3-5-10-26(37)33-13-16-45-19-20-46-21-22-47-30-29(40)28(39)27(38)24(23-35)48-30/h40H,4-39H2,1-3H3;24,27-30,35,38-40H,2-23H2,1H3,(H,32,36)(H,33,37)(H,34,41)/t40-;24?,27-,28+,29?,30+/m11/s1. The van der Waals surface area contributed by atoms with Gasteiger partial charge in [-0.3, -0.25) is 9.59 Å². The van der Waals surface area contributed by atoms with Crippen LogP contribution in [0.4, 0.5) is 4.79 Å². The number of unbranched alkanes of at least 4 members (excludes halogenated alkanes) is 34. The molecule has 1 aliphatic rings. The average molecular weight is 1290 g/mol. The number of ether oxygens (including phenoxy) is 9. The van der Waals surface area contributed by atoms with Gasteiger partial charge in [-0.05, 0) is 51.4 Å². The summed E-state index contributed by atoms with van der Waals surface area (Å²) in [5, 5.41) is 46.9. The summed E-state index contributed by atoms with van der Waals surface area (Å²) < 4.78 is 49.0. The summed E-state index contributed by atoms with van der Waals surface area (Å²) in [4.78, 5) is 34.7. The molecule has 0 radical (unpaired) electrons. The minimum absolute atomic E-state index is 0.0183. The Bertz CT molecular complexity index is 1490. The van der Waals surface area contributed by atoms with E-state index in [9.17, 15) is 34.8 Å². The minimum atomic E-state index is -1.49. The van der Waals surface area contributed by atoms with Gasteiger partial charge in [-0.25, -0.2) is 4.79 Å². The SMILES string of the molecule is CCCCCCCCCCCCCCCCCCOC[C@@H](CC)OCCCCCCCCCCCCCCCCCC.COC(=O)NCCCCCC(=O)NCCCOCCOCCCCCC(=O)NCCOCCOCCO[C@H]1OC(CO)[C@@H](O)[C@H](O)C1O. The molecular weight excluding hydrogens is 1150 g/mol. The number of hydrogen-bond donors (Lipinski definition) is 7. The maximum atomic E-state index is 11.9. The summed E-state index contributed by atoms with van der Waals surface area (Å²) in [7, 11) is 1.32. The number of amides is 3. The van der Waals surface area contributed by atoms with E-state index in [1.54, 1.807) is 0 Å². The molecular formula is C71H141N3O16. The molecule has 2 unspecified atom stereocenters. The second-order valence-corrected chi connectivity index (χ2v) is 24.7. The fraction of sp³-hybridized carbons (Fsp3) is 0.958. The van der Waals surface area contributed by atoms with E-state index in [0.717, 1.165) is 71.2 Å². The third-order valence-corrected chi connectivity index (χ3v) is 16.4. The first-order chi connectivity index (χ1) is 44.1. The van der Waals surface area contributed by atoms with Crippen LogP contribution in [-0.2, 0) is 52.2 Å². The summed E-state index contributed by atoms with van der Waals surface area (Å²) >= 11 is 0. The summed E-state index contributed by atoms with van der Waals surface area (Å²) in [5.41, 5.74) is 0. The third kappa shape index (κ3) is 60.7. The number of methoxy groups -OCH3 is 1. The predicted molar refractivity (Wildman–Crippen MR) is 361 cm³/mol. The van der Waals surface area contributed by atoms with Gasteiger partial charge in [0.25, 0.3) is 0 Å². The van der Waals surface area contributed by atoms with Crippen LogP contribution >= 0.6 is 0 Å². The number of aliphatic hydroxyl groups is 4. The number of hydrogen-bond acceptors (Lipinski definition) is 16. The maximum absolute atomic E-state index is 11.9. The molecule has 1 saturated heterocycles. The lowest BCUT2D eigenvalue weighted by molar-refractivity contribution is -0.302. The number of carbonyl (C=O) groups is 3. The van der Waals surface area contributed by atoms with Crippen molar-refractivity contribution < 1.29 is 77.4 Å². The molecule has 0 bridgehead atoms. The summed E-state index contributed by atoms with van der Waals surface area (Å²) in [5.74, 6) is -0.0134. The van der Waals surface area contributed by atoms with Crippen molar-refractivity contribution in [3.63, 3.8) is 0 Å². The Balaban J connectivity index is 0.00000178. The molecule has 6 atom stereocenters. The molecule has 1 fully saturated rings. The van der Waals surface area contributed by atoms with Gasteiger partial charge in [0.05, 0.1) is 72.7 Å². The van der Waals surface area contributed by atoms with Gasteiger partial charge >= 0.3 is 6.09 Å². The lowest BCUT2D eigenvalue weighted by atomic mass is 9.99. The zero-order valence-electron chi connectivity index (χ0n) is 58.2. The van der Waals surface area contributed by atoms with Crippen molar-refractivity contribution >= 4 is 17.9 Å². The van der Waals surface area contributed by atoms with Gasteiger partial charge in [0.1, 0.15) is 24.4 Å². The second-order valence-electron chi connectivity index (χ2n) is 24.7. The van der Waals surface area contributed by atoms with E-state index in [-0.39, 0.29) is 25.0 Å². The molecule has 0 spiro atoms. The molecule has 0 aromatic carbocycles. The number of nitrogens with one attached hydrogen (secondary N) is 3. The normalized spacial score (nSPS) is 16.8. The van der Waals surface area contributed by atoms with Crippen molar-refractivity contribution in [1.82, 2.24) is 16.0 Å². The Morgan fingerprint density at radius 3 is 1.23 bits per heavy atom. The first kappa shape index (κ1) is 87.7. The van der Waals surface area contributed by atoms with Gasteiger partial charge in [0.15, 0.2) is 6.29 Å². The van der Waals surface area contributed by atoms with Crippen LogP contribution in [0.5, 0.6) is 0 Å². The van der Waals surface area contributed by atoms with Crippen molar-refractivity contribution in [2.24, 2.45) is 0 Å². The highest BCUT2D eigenvalue weighted by Crippen LogP contribution is 2.22. The topological polar surface area (TPSA) is 251 Å². The fourth-order valence-electron chi connectivity index (χ4n) is 10.6. The molecule has 1 aliphatic heterocycles. The molecule has 1 heterocycles. The Kier molecular flexibility index (Phi) is 69.2. The summed E-state index contributed by atoms with van der Waals surface area (Å²) in [6.45, 7) is 13.8. The average Bonchev–Trinajstić information content (AvgIpc) is 3.75. The van der Waals surface area contributed by atoms with Crippen molar-refractivity contribution in [2.75, 3.05) is 113 Å². The summed E-state index contributed by atoms with van der Waals surface area (Å²) in [6, 6.07) is 0. The van der Waals surface area contributed by atoms with Gasteiger partial charge in [0, 0.05) is 58.9 Å². The lowest BCUT2D eigenvalue weighted by Gasteiger charge is -2.39. The highest BCUT2D eigenvalue weighted by molar-refractivity contribution is 5.76. The van der Waals surface area contributed by atoms with Crippen LogP contribution in [0.1, 0.15) is 290 Å². The Morgan fingerprint density at radius 2 is 0.767 bits per heavy atom.